The zero-order valence-corrected chi connectivity index (χ0v) is 16.4. The minimum atomic E-state index is -0.405. The van der Waals surface area contributed by atoms with Crippen molar-refractivity contribution in [1.82, 2.24) is 0 Å². The van der Waals surface area contributed by atoms with Crippen LogP contribution in [-0.4, -0.2) is 29.2 Å². The van der Waals surface area contributed by atoms with Crippen molar-refractivity contribution in [3.05, 3.63) is 42.0 Å². The van der Waals surface area contributed by atoms with Gasteiger partial charge in [-0.1, -0.05) is 39.0 Å². The van der Waals surface area contributed by atoms with Crippen molar-refractivity contribution in [2.24, 2.45) is 5.92 Å². The lowest BCUT2D eigenvalue weighted by Crippen LogP contribution is -2.11. The maximum atomic E-state index is 12.0. The molecule has 0 aliphatic heterocycles. The molecule has 6 nitrogen and oxygen atoms in total. The number of rotatable bonds is 9. The standard InChI is InChI=1S/C21H29NO5/c1-5-15(11-21(26)27-4)16-12-17(19(24)13-18(16)23)22-20(25)10-8-6-7-9-14(2)3/h6-8,10,12-15,23-24H,5,9,11H2,1-4H3,(H,22,25)/b7-6+,10-8+. The summed E-state index contributed by atoms with van der Waals surface area (Å²) in [7, 11) is 1.30. The molecule has 3 N–H and O–H groups in total. The molecule has 1 atom stereocenters. The van der Waals surface area contributed by atoms with Gasteiger partial charge >= 0.3 is 5.97 Å². The predicted octanol–water partition coefficient (Wildman–Crippen LogP) is 4.25. The summed E-state index contributed by atoms with van der Waals surface area (Å²) in [6, 6.07) is 2.65. The third kappa shape index (κ3) is 7.56. The number of phenols is 2. The molecule has 0 saturated carbocycles. The second-order valence-electron chi connectivity index (χ2n) is 6.72. The van der Waals surface area contributed by atoms with Gasteiger partial charge in [0.25, 0.3) is 0 Å². The zero-order valence-electron chi connectivity index (χ0n) is 16.4. The molecule has 0 saturated heterocycles. The molecule has 0 aliphatic carbocycles. The average Bonchev–Trinajstić information content (AvgIpc) is 2.61. The van der Waals surface area contributed by atoms with Gasteiger partial charge in [-0.05, 0) is 36.3 Å². The van der Waals surface area contributed by atoms with Crippen LogP contribution in [0.5, 0.6) is 11.5 Å². The number of nitrogens with one attached hydrogen (secondary N) is 1. The molecule has 0 bridgehead atoms. The van der Waals surface area contributed by atoms with Gasteiger partial charge in [-0.3, -0.25) is 9.59 Å². The maximum Gasteiger partial charge on any atom is 0.306 e. The molecule has 1 amide bonds. The summed E-state index contributed by atoms with van der Waals surface area (Å²) in [6.45, 7) is 6.09. The third-order valence-electron chi connectivity index (χ3n) is 4.08. The first kappa shape index (κ1) is 22.3. The normalized spacial score (nSPS) is 12.6. The highest BCUT2D eigenvalue weighted by atomic mass is 16.5. The van der Waals surface area contributed by atoms with E-state index >= 15 is 0 Å². The number of hydrogen-bond acceptors (Lipinski definition) is 5. The van der Waals surface area contributed by atoms with E-state index in [9.17, 15) is 19.8 Å². The van der Waals surface area contributed by atoms with Gasteiger partial charge in [0.05, 0.1) is 19.2 Å². The molecule has 0 radical (unpaired) electrons. The van der Waals surface area contributed by atoms with Crippen LogP contribution in [0.2, 0.25) is 0 Å². The first-order chi connectivity index (χ1) is 12.8. The molecule has 27 heavy (non-hydrogen) atoms. The topological polar surface area (TPSA) is 95.9 Å². The van der Waals surface area contributed by atoms with Gasteiger partial charge in [0.15, 0.2) is 0 Å². The minimum absolute atomic E-state index is 0.0965. The van der Waals surface area contributed by atoms with Gasteiger partial charge in [0, 0.05) is 12.1 Å². The SMILES string of the molecule is CCC(CC(=O)OC)c1cc(NC(=O)/C=C/C=C/CC(C)C)c(O)cc1O. The fourth-order valence-corrected chi connectivity index (χ4v) is 2.53. The van der Waals surface area contributed by atoms with Crippen LogP contribution in [0.1, 0.15) is 51.5 Å². The predicted molar refractivity (Wildman–Crippen MR) is 106 cm³/mol. The molecule has 1 unspecified atom stereocenters. The highest BCUT2D eigenvalue weighted by Crippen LogP contribution is 2.38. The lowest BCUT2D eigenvalue weighted by molar-refractivity contribution is -0.141. The van der Waals surface area contributed by atoms with Gasteiger partial charge in [0.1, 0.15) is 11.5 Å². The number of carbonyl (C=O) groups is 2. The first-order valence-electron chi connectivity index (χ1n) is 9.05. The van der Waals surface area contributed by atoms with Crippen LogP contribution in [-0.2, 0) is 14.3 Å². The van der Waals surface area contributed by atoms with Crippen LogP contribution >= 0.6 is 0 Å². The number of phenolic OH excluding ortho intramolecular Hbond substituents is 2. The number of ether oxygens (including phenoxy) is 1. The van der Waals surface area contributed by atoms with Crippen LogP contribution in [0.3, 0.4) is 0 Å². The Kier molecular flexibility index (Phi) is 9.13. The first-order valence-corrected chi connectivity index (χ1v) is 9.05. The molecule has 1 aromatic carbocycles. The van der Waals surface area contributed by atoms with Crippen molar-refractivity contribution < 1.29 is 24.5 Å². The number of allylic oxidation sites excluding steroid dienone is 3. The lowest BCUT2D eigenvalue weighted by atomic mass is 9.92. The number of aromatic hydroxyl groups is 2. The third-order valence-corrected chi connectivity index (χ3v) is 4.08. The molecule has 0 heterocycles. The second-order valence-corrected chi connectivity index (χ2v) is 6.72. The smallest absolute Gasteiger partial charge is 0.306 e. The molecule has 0 spiro atoms. The molecule has 1 rings (SSSR count). The molecule has 0 fully saturated rings. The van der Waals surface area contributed by atoms with Crippen molar-refractivity contribution in [3.63, 3.8) is 0 Å². The average molecular weight is 375 g/mol. The van der Waals surface area contributed by atoms with Crippen molar-refractivity contribution in [2.45, 2.75) is 46.0 Å². The van der Waals surface area contributed by atoms with E-state index in [-0.39, 0.29) is 29.5 Å². The molecule has 0 aromatic heterocycles. The summed E-state index contributed by atoms with van der Waals surface area (Å²) in [5.74, 6) is -0.918. The Morgan fingerprint density at radius 3 is 2.48 bits per heavy atom. The summed E-state index contributed by atoms with van der Waals surface area (Å²) in [5, 5.41) is 22.7. The molecular weight excluding hydrogens is 346 g/mol. The Labute approximate surface area is 160 Å². The highest BCUT2D eigenvalue weighted by molar-refractivity contribution is 6.00. The largest absolute Gasteiger partial charge is 0.508 e. The Morgan fingerprint density at radius 1 is 1.19 bits per heavy atom. The van der Waals surface area contributed by atoms with Crippen LogP contribution in [0.4, 0.5) is 5.69 Å². The van der Waals surface area contributed by atoms with E-state index in [0.717, 1.165) is 12.5 Å². The Morgan fingerprint density at radius 2 is 1.89 bits per heavy atom. The van der Waals surface area contributed by atoms with Crippen molar-refractivity contribution in [1.29, 1.82) is 0 Å². The van der Waals surface area contributed by atoms with E-state index in [2.05, 4.69) is 23.9 Å². The summed E-state index contributed by atoms with van der Waals surface area (Å²) in [5.41, 5.74) is 0.642. The number of anilines is 1. The van der Waals surface area contributed by atoms with E-state index < -0.39 is 11.9 Å². The maximum absolute atomic E-state index is 12.0. The van der Waals surface area contributed by atoms with Gasteiger partial charge in [-0.15, -0.1) is 0 Å². The number of methoxy groups -OCH3 is 1. The number of benzene rings is 1. The number of esters is 1. The van der Waals surface area contributed by atoms with Crippen LogP contribution < -0.4 is 5.32 Å². The zero-order chi connectivity index (χ0) is 20.4. The summed E-state index contributed by atoms with van der Waals surface area (Å²) >= 11 is 0. The molecule has 6 heteroatoms. The highest BCUT2D eigenvalue weighted by Gasteiger charge is 2.20. The number of carbonyl (C=O) groups excluding carboxylic acids is 2. The van der Waals surface area contributed by atoms with Gasteiger partial charge < -0.3 is 20.3 Å². The molecule has 0 aliphatic rings. The minimum Gasteiger partial charge on any atom is -0.508 e. The van der Waals surface area contributed by atoms with E-state index in [4.69, 9.17) is 0 Å². The summed E-state index contributed by atoms with van der Waals surface area (Å²) in [6.07, 6.45) is 8.36. The Bertz CT molecular complexity index is 707. The van der Waals surface area contributed by atoms with Crippen molar-refractivity contribution >= 4 is 17.6 Å². The summed E-state index contributed by atoms with van der Waals surface area (Å²) in [4.78, 5) is 23.6. The number of hydrogen-bond donors (Lipinski definition) is 3. The quantitative estimate of drug-likeness (QED) is 0.197. The Balaban J connectivity index is 2.92. The van der Waals surface area contributed by atoms with Crippen LogP contribution in [0, 0.1) is 5.92 Å². The van der Waals surface area contributed by atoms with Crippen molar-refractivity contribution in [3.8, 4) is 11.5 Å². The van der Waals surface area contributed by atoms with E-state index in [1.54, 1.807) is 12.2 Å². The van der Waals surface area contributed by atoms with Gasteiger partial charge in [0.2, 0.25) is 5.91 Å². The van der Waals surface area contributed by atoms with E-state index in [1.807, 2.05) is 13.0 Å². The van der Waals surface area contributed by atoms with Gasteiger partial charge in [-0.25, -0.2) is 0 Å². The van der Waals surface area contributed by atoms with E-state index in [1.165, 1.54) is 19.3 Å². The molecule has 1 aromatic rings. The summed E-state index contributed by atoms with van der Waals surface area (Å²) < 4.78 is 4.69. The van der Waals surface area contributed by atoms with Gasteiger partial charge in [-0.2, -0.15) is 0 Å². The Hall–Kier alpha value is -2.76. The molecular formula is C21H29NO5. The van der Waals surface area contributed by atoms with Crippen LogP contribution in [0.25, 0.3) is 0 Å². The van der Waals surface area contributed by atoms with Crippen molar-refractivity contribution in [2.75, 3.05) is 12.4 Å². The molecule has 148 valence electrons. The lowest BCUT2D eigenvalue weighted by Gasteiger charge is -2.17. The second kappa shape index (κ2) is 11.1. The fraction of sp³-hybridized carbons (Fsp3) is 0.429. The number of amides is 1. The fourth-order valence-electron chi connectivity index (χ4n) is 2.53. The monoisotopic (exact) mass is 375 g/mol. The van der Waals surface area contributed by atoms with E-state index in [0.29, 0.717) is 17.9 Å². The van der Waals surface area contributed by atoms with Crippen LogP contribution in [0.15, 0.2) is 36.4 Å².